The van der Waals surface area contributed by atoms with Crippen molar-refractivity contribution in [3.63, 3.8) is 0 Å². The predicted molar refractivity (Wildman–Crippen MR) is 73.3 cm³/mol. The first-order valence-corrected chi connectivity index (χ1v) is 5.98. The van der Waals surface area contributed by atoms with Gasteiger partial charge in [0.1, 0.15) is 11.6 Å². The van der Waals surface area contributed by atoms with Crippen LogP contribution in [0.15, 0.2) is 36.4 Å². The molecule has 4 heteroatoms. The first-order chi connectivity index (χ1) is 9.71. The number of nitrogens with zero attached hydrogens (tertiary/aromatic N) is 2. The van der Waals surface area contributed by atoms with Gasteiger partial charge in [-0.05, 0) is 11.1 Å². The maximum atomic E-state index is 10.0. The molecule has 0 unspecified atom stereocenters. The summed E-state index contributed by atoms with van der Waals surface area (Å²) in [6.45, 7) is 0. The standard InChI is InChI=1S/C16H12N2O2/c1-20-15-8-12(9-17)13(14(10-18)16(15)19)7-11-5-3-2-4-6-11/h2-6,8,19H,7H2,1H3. The summed E-state index contributed by atoms with van der Waals surface area (Å²) in [6, 6.07) is 14.9. The first kappa shape index (κ1) is 13.5. The molecule has 0 saturated carbocycles. The zero-order valence-corrected chi connectivity index (χ0v) is 10.9. The molecular formula is C16H12N2O2. The average Bonchev–Trinajstić information content (AvgIpc) is 2.49. The Bertz CT molecular complexity index is 710. The van der Waals surface area contributed by atoms with Crippen LogP contribution in [0.2, 0.25) is 0 Å². The fourth-order valence-electron chi connectivity index (χ4n) is 2.05. The Balaban J connectivity index is 2.60. The normalized spacial score (nSPS) is 9.55. The van der Waals surface area contributed by atoms with Crippen LogP contribution in [-0.2, 0) is 6.42 Å². The fraction of sp³-hybridized carbons (Fsp3) is 0.125. The van der Waals surface area contributed by atoms with Gasteiger partial charge in [-0.25, -0.2) is 0 Å². The summed E-state index contributed by atoms with van der Waals surface area (Å²) >= 11 is 0. The number of phenols is 1. The molecule has 2 rings (SSSR count). The van der Waals surface area contributed by atoms with Crippen molar-refractivity contribution in [2.24, 2.45) is 0 Å². The molecule has 0 aliphatic rings. The Morgan fingerprint density at radius 3 is 2.40 bits per heavy atom. The van der Waals surface area contributed by atoms with Gasteiger partial charge in [0.15, 0.2) is 11.5 Å². The number of nitriles is 2. The third-order valence-corrected chi connectivity index (χ3v) is 3.05. The van der Waals surface area contributed by atoms with Crippen LogP contribution in [0.4, 0.5) is 0 Å². The number of hydrogen-bond donors (Lipinski definition) is 1. The van der Waals surface area contributed by atoms with E-state index in [4.69, 9.17) is 4.74 Å². The molecule has 1 N–H and O–H groups in total. The minimum absolute atomic E-state index is 0.0877. The van der Waals surface area contributed by atoms with Gasteiger partial charge in [0.2, 0.25) is 0 Å². The largest absolute Gasteiger partial charge is 0.503 e. The summed E-state index contributed by atoms with van der Waals surface area (Å²) in [5, 5.41) is 28.5. The van der Waals surface area contributed by atoms with E-state index in [9.17, 15) is 15.6 Å². The Morgan fingerprint density at radius 2 is 1.85 bits per heavy atom. The van der Waals surface area contributed by atoms with Gasteiger partial charge in [0.25, 0.3) is 0 Å². The molecule has 2 aromatic rings. The van der Waals surface area contributed by atoms with Crippen molar-refractivity contribution in [1.82, 2.24) is 0 Å². The van der Waals surface area contributed by atoms with Crippen molar-refractivity contribution in [2.75, 3.05) is 7.11 Å². The highest BCUT2D eigenvalue weighted by atomic mass is 16.5. The quantitative estimate of drug-likeness (QED) is 0.924. The van der Waals surface area contributed by atoms with Crippen molar-refractivity contribution in [1.29, 1.82) is 10.5 Å². The van der Waals surface area contributed by atoms with Crippen LogP contribution in [0, 0.1) is 22.7 Å². The van der Waals surface area contributed by atoms with Crippen LogP contribution < -0.4 is 4.74 Å². The van der Waals surface area contributed by atoms with Gasteiger partial charge in [0.05, 0.1) is 18.7 Å². The number of benzene rings is 2. The van der Waals surface area contributed by atoms with Gasteiger partial charge in [-0.1, -0.05) is 30.3 Å². The van der Waals surface area contributed by atoms with Crippen LogP contribution >= 0.6 is 0 Å². The summed E-state index contributed by atoms with van der Waals surface area (Å²) in [5.74, 6) is -0.0881. The Labute approximate surface area is 117 Å². The van der Waals surface area contributed by atoms with Crippen LogP contribution in [-0.4, -0.2) is 12.2 Å². The molecular weight excluding hydrogens is 252 g/mol. The molecule has 0 aromatic heterocycles. The van der Waals surface area contributed by atoms with E-state index in [0.29, 0.717) is 17.5 Å². The summed E-state index contributed by atoms with van der Waals surface area (Å²) in [5.41, 5.74) is 1.90. The Hall–Kier alpha value is -2.98. The van der Waals surface area contributed by atoms with Gasteiger partial charge in [-0.15, -0.1) is 0 Å². The first-order valence-electron chi connectivity index (χ1n) is 5.98. The summed E-state index contributed by atoms with van der Waals surface area (Å²) in [7, 11) is 1.38. The molecule has 0 aliphatic heterocycles. The molecule has 0 aliphatic carbocycles. The zero-order valence-electron chi connectivity index (χ0n) is 10.9. The van der Waals surface area contributed by atoms with E-state index in [2.05, 4.69) is 6.07 Å². The van der Waals surface area contributed by atoms with Crippen LogP contribution in [0.1, 0.15) is 22.3 Å². The average molecular weight is 264 g/mol. The van der Waals surface area contributed by atoms with Crippen molar-refractivity contribution in [2.45, 2.75) is 6.42 Å². The summed E-state index contributed by atoms with van der Waals surface area (Å²) < 4.78 is 4.98. The summed E-state index contributed by atoms with van der Waals surface area (Å²) in [6.07, 6.45) is 0.407. The monoisotopic (exact) mass is 264 g/mol. The van der Waals surface area contributed by atoms with Crippen LogP contribution in [0.5, 0.6) is 11.5 Å². The van der Waals surface area contributed by atoms with Crippen molar-refractivity contribution >= 4 is 0 Å². The SMILES string of the molecule is COc1cc(C#N)c(Cc2ccccc2)c(C#N)c1O. The summed E-state index contributed by atoms with van der Waals surface area (Å²) in [4.78, 5) is 0. The molecule has 2 aromatic carbocycles. The number of phenolic OH excluding ortho intramolecular Hbond substituents is 1. The van der Waals surface area contributed by atoms with E-state index in [-0.39, 0.29) is 17.1 Å². The Kier molecular flexibility index (Phi) is 3.88. The van der Waals surface area contributed by atoms with Gasteiger partial charge in [0, 0.05) is 12.5 Å². The van der Waals surface area contributed by atoms with Gasteiger partial charge in [-0.2, -0.15) is 10.5 Å². The number of rotatable bonds is 3. The van der Waals surface area contributed by atoms with Gasteiger partial charge in [-0.3, -0.25) is 0 Å². The molecule has 98 valence electrons. The molecule has 0 amide bonds. The number of aromatic hydroxyl groups is 1. The third-order valence-electron chi connectivity index (χ3n) is 3.05. The molecule has 0 radical (unpaired) electrons. The smallest absolute Gasteiger partial charge is 0.176 e. The molecule has 4 nitrogen and oxygen atoms in total. The second-order valence-electron chi connectivity index (χ2n) is 4.21. The lowest BCUT2D eigenvalue weighted by molar-refractivity contribution is 0.372. The fourth-order valence-corrected chi connectivity index (χ4v) is 2.05. The van der Waals surface area contributed by atoms with E-state index >= 15 is 0 Å². The van der Waals surface area contributed by atoms with Gasteiger partial charge >= 0.3 is 0 Å². The molecule has 0 saturated heterocycles. The molecule has 0 bridgehead atoms. The minimum Gasteiger partial charge on any atom is -0.503 e. The lowest BCUT2D eigenvalue weighted by Gasteiger charge is -2.12. The van der Waals surface area contributed by atoms with Crippen molar-refractivity contribution < 1.29 is 9.84 Å². The lowest BCUT2D eigenvalue weighted by atomic mass is 9.94. The van der Waals surface area contributed by atoms with Gasteiger partial charge < -0.3 is 9.84 Å². The third kappa shape index (κ3) is 2.41. The topological polar surface area (TPSA) is 77.0 Å². The number of ether oxygens (including phenoxy) is 1. The Morgan fingerprint density at radius 1 is 1.15 bits per heavy atom. The zero-order chi connectivity index (χ0) is 14.5. The van der Waals surface area contributed by atoms with E-state index < -0.39 is 0 Å². The van der Waals surface area contributed by atoms with E-state index in [1.807, 2.05) is 36.4 Å². The van der Waals surface area contributed by atoms with Crippen LogP contribution in [0.25, 0.3) is 0 Å². The predicted octanol–water partition coefficient (Wildman–Crippen LogP) is 2.73. The molecule has 0 spiro atoms. The maximum absolute atomic E-state index is 10.0. The van der Waals surface area contributed by atoms with Crippen molar-refractivity contribution in [3.05, 3.63) is 58.7 Å². The van der Waals surface area contributed by atoms with E-state index in [0.717, 1.165) is 5.56 Å². The molecule has 0 atom stereocenters. The van der Waals surface area contributed by atoms with E-state index in [1.165, 1.54) is 13.2 Å². The molecule has 0 fully saturated rings. The molecule has 20 heavy (non-hydrogen) atoms. The highest BCUT2D eigenvalue weighted by Gasteiger charge is 2.18. The lowest BCUT2D eigenvalue weighted by Crippen LogP contribution is -1.99. The highest BCUT2D eigenvalue weighted by molar-refractivity contribution is 5.62. The number of hydrogen-bond acceptors (Lipinski definition) is 4. The second-order valence-corrected chi connectivity index (χ2v) is 4.21. The number of methoxy groups -OCH3 is 1. The minimum atomic E-state index is -0.222. The van der Waals surface area contributed by atoms with Crippen LogP contribution in [0.3, 0.4) is 0 Å². The highest BCUT2D eigenvalue weighted by Crippen LogP contribution is 2.35. The van der Waals surface area contributed by atoms with Crippen molar-refractivity contribution in [3.8, 4) is 23.6 Å². The maximum Gasteiger partial charge on any atom is 0.176 e. The molecule has 0 heterocycles. The second kappa shape index (κ2) is 5.77. The van der Waals surface area contributed by atoms with E-state index in [1.54, 1.807) is 0 Å².